The van der Waals surface area contributed by atoms with Crippen molar-refractivity contribution in [3.63, 3.8) is 0 Å². The molecule has 208 valence electrons. The molecule has 0 spiro atoms. The van der Waals surface area contributed by atoms with Gasteiger partial charge in [0.25, 0.3) is 10.0 Å². The first-order valence-corrected chi connectivity index (χ1v) is 13.8. The monoisotopic (exact) mass is 564 g/mol. The maximum absolute atomic E-state index is 13.5. The van der Waals surface area contributed by atoms with Gasteiger partial charge in [-0.2, -0.15) is 23.3 Å². The molecule has 0 radical (unpaired) electrons. The van der Waals surface area contributed by atoms with Crippen LogP contribution in [0.4, 0.5) is 19.1 Å². The first-order valence-electron chi connectivity index (χ1n) is 12.3. The van der Waals surface area contributed by atoms with Crippen LogP contribution in [0.5, 0.6) is 5.88 Å². The predicted octanol–water partition coefficient (Wildman–Crippen LogP) is 3.62. The number of alkyl halides is 3. The van der Waals surface area contributed by atoms with Crippen LogP contribution in [-0.2, 0) is 21.9 Å². The molecule has 2 fully saturated rings. The van der Waals surface area contributed by atoms with E-state index in [2.05, 4.69) is 19.8 Å². The van der Waals surface area contributed by atoms with Crippen molar-refractivity contribution in [3.05, 3.63) is 47.8 Å². The van der Waals surface area contributed by atoms with Gasteiger partial charge in [-0.1, -0.05) is 18.2 Å². The number of aryl methyl sites for hydroxylation is 3. The zero-order chi connectivity index (χ0) is 28.2. The van der Waals surface area contributed by atoms with E-state index >= 15 is 0 Å². The first-order chi connectivity index (χ1) is 18.3. The molecule has 1 aromatic carbocycles. The Morgan fingerprint density at radius 1 is 1.18 bits per heavy atom. The van der Waals surface area contributed by atoms with Crippen LogP contribution in [0, 0.1) is 19.3 Å². The van der Waals surface area contributed by atoms with Gasteiger partial charge in [-0.05, 0) is 37.8 Å². The van der Waals surface area contributed by atoms with Gasteiger partial charge in [0.1, 0.15) is 16.4 Å². The summed E-state index contributed by atoms with van der Waals surface area (Å²) in [5.41, 5.74) is 0.653. The molecule has 1 aliphatic heterocycles. The van der Waals surface area contributed by atoms with Crippen molar-refractivity contribution < 1.29 is 31.1 Å². The van der Waals surface area contributed by atoms with Crippen molar-refractivity contribution in [2.24, 2.45) is 12.5 Å². The number of nitrogens with zero attached hydrogens (tertiary/aromatic N) is 5. The van der Waals surface area contributed by atoms with Crippen LogP contribution in [0.25, 0.3) is 11.3 Å². The fraction of sp³-hybridized carbons (Fsp3) is 0.440. The Kier molecular flexibility index (Phi) is 6.56. The van der Waals surface area contributed by atoms with Gasteiger partial charge < -0.3 is 9.64 Å². The summed E-state index contributed by atoms with van der Waals surface area (Å²) >= 11 is 0. The molecule has 2 aromatic heterocycles. The van der Waals surface area contributed by atoms with Crippen molar-refractivity contribution in [2.45, 2.75) is 50.3 Å². The minimum absolute atomic E-state index is 0.0304. The minimum Gasteiger partial charge on any atom is -0.472 e. The highest BCUT2D eigenvalue weighted by atomic mass is 32.2. The van der Waals surface area contributed by atoms with Gasteiger partial charge in [-0.25, -0.2) is 18.1 Å². The Hall–Kier alpha value is -3.68. The average Bonchev–Trinajstić information content (AvgIpc) is 3.35. The van der Waals surface area contributed by atoms with E-state index in [1.54, 1.807) is 13.1 Å². The summed E-state index contributed by atoms with van der Waals surface area (Å²) < 4.78 is 76.0. The zero-order valence-electron chi connectivity index (χ0n) is 21.5. The SMILES string of the molecule is Cc1cccc(C)c1-c1cc(OC2CCN(C(=O)C3(C(F)(F)F)CC3)C2)nc(NS(=O)(=O)c2cnn(C)c2)n1. The van der Waals surface area contributed by atoms with Crippen LogP contribution in [0.1, 0.15) is 30.4 Å². The number of benzene rings is 1. The molecule has 1 N–H and O–H groups in total. The second-order valence-corrected chi connectivity index (χ2v) is 11.7. The van der Waals surface area contributed by atoms with Crippen molar-refractivity contribution in [1.29, 1.82) is 0 Å². The van der Waals surface area contributed by atoms with E-state index in [1.165, 1.54) is 22.0 Å². The molecule has 1 atom stereocenters. The van der Waals surface area contributed by atoms with Gasteiger partial charge in [0.15, 0.2) is 0 Å². The Bertz CT molecular complexity index is 1510. The molecule has 3 heterocycles. The summed E-state index contributed by atoms with van der Waals surface area (Å²) in [7, 11) is -2.49. The molecule has 0 bridgehead atoms. The maximum atomic E-state index is 13.5. The zero-order valence-corrected chi connectivity index (χ0v) is 22.3. The normalized spacial score (nSPS) is 18.7. The molecule has 3 aromatic rings. The summed E-state index contributed by atoms with van der Waals surface area (Å²) in [6.07, 6.45) is -2.80. The van der Waals surface area contributed by atoms with Gasteiger partial charge in [0.2, 0.25) is 17.7 Å². The molecular formula is C25H27F3N6O4S. The summed E-state index contributed by atoms with van der Waals surface area (Å²) in [5.74, 6) is -1.14. The van der Waals surface area contributed by atoms with Crippen molar-refractivity contribution >= 4 is 21.9 Å². The topological polar surface area (TPSA) is 119 Å². The number of nitrogens with one attached hydrogen (secondary N) is 1. The van der Waals surface area contributed by atoms with Crippen LogP contribution in [0.3, 0.4) is 0 Å². The molecule has 1 saturated heterocycles. The smallest absolute Gasteiger partial charge is 0.403 e. The molecular weight excluding hydrogens is 537 g/mol. The average molecular weight is 565 g/mol. The lowest BCUT2D eigenvalue weighted by molar-refractivity contribution is -0.198. The highest BCUT2D eigenvalue weighted by Gasteiger charge is 2.69. The summed E-state index contributed by atoms with van der Waals surface area (Å²) in [6.45, 7) is 3.87. The Balaban J connectivity index is 1.43. The number of hydrogen-bond acceptors (Lipinski definition) is 7. The third-order valence-electron chi connectivity index (χ3n) is 7.08. The van der Waals surface area contributed by atoms with Crippen molar-refractivity contribution in [1.82, 2.24) is 24.6 Å². The molecule has 1 unspecified atom stereocenters. The third-order valence-corrected chi connectivity index (χ3v) is 8.36. The summed E-state index contributed by atoms with van der Waals surface area (Å²) in [5, 5.41) is 3.89. The highest BCUT2D eigenvalue weighted by molar-refractivity contribution is 7.92. The molecule has 1 aliphatic carbocycles. The molecule has 10 nitrogen and oxygen atoms in total. The van der Waals surface area contributed by atoms with E-state index in [4.69, 9.17) is 4.74 Å². The Morgan fingerprint density at radius 2 is 1.87 bits per heavy atom. The number of anilines is 1. The van der Waals surface area contributed by atoms with Crippen LogP contribution < -0.4 is 9.46 Å². The predicted molar refractivity (Wildman–Crippen MR) is 134 cm³/mol. The second kappa shape index (κ2) is 9.50. The first kappa shape index (κ1) is 26.9. The number of likely N-dealkylation sites (tertiary alicyclic amines) is 1. The maximum Gasteiger partial charge on any atom is 0.403 e. The number of ether oxygens (including phenoxy) is 1. The largest absolute Gasteiger partial charge is 0.472 e. The number of halogens is 3. The van der Waals surface area contributed by atoms with Gasteiger partial charge in [0, 0.05) is 37.8 Å². The van der Waals surface area contributed by atoms with E-state index < -0.39 is 33.6 Å². The van der Waals surface area contributed by atoms with Crippen LogP contribution >= 0.6 is 0 Å². The lowest BCUT2D eigenvalue weighted by Gasteiger charge is -2.25. The van der Waals surface area contributed by atoms with Crippen LogP contribution in [0.15, 0.2) is 41.6 Å². The van der Waals surface area contributed by atoms with Gasteiger partial charge in [-0.15, -0.1) is 0 Å². The van der Waals surface area contributed by atoms with E-state index in [9.17, 15) is 26.4 Å². The molecule has 1 saturated carbocycles. The van der Waals surface area contributed by atoms with Crippen molar-refractivity contribution in [3.8, 4) is 17.1 Å². The molecule has 2 aliphatic rings. The van der Waals surface area contributed by atoms with E-state index in [0.717, 1.165) is 16.7 Å². The summed E-state index contributed by atoms with van der Waals surface area (Å²) in [6, 6.07) is 7.22. The lowest BCUT2D eigenvalue weighted by atomic mass is 10.00. The molecule has 5 rings (SSSR count). The van der Waals surface area contributed by atoms with E-state index in [0.29, 0.717) is 12.1 Å². The number of rotatable bonds is 7. The molecule has 1 amide bonds. The standard InChI is InChI=1S/C25H27F3N6O4S/c1-15-5-4-6-16(2)21(15)19-11-20(31-23(30-19)32-39(36,37)18-12-29-33(3)14-18)38-17-7-10-34(13-17)22(35)24(8-9-24)25(26,27)28/h4-6,11-12,14,17H,7-10,13H2,1-3H3,(H,30,31,32). The fourth-order valence-corrected chi connectivity index (χ4v) is 5.75. The van der Waals surface area contributed by atoms with Gasteiger partial charge in [0.05, 0.1) is 18.4 Å². The highest BCUT2D eigenvalue weighted by Crippen LogP contribution is 2.58. The van der Waals surface area contributed by atoms with Gasteiger partial charge >= 0.3 is 6.18 Å². The quantitative estimate of drug-likeness (QED) is 0.466. The number of carbonyl (C=O) groups excluding carboxylic acids is 1. The Morgan fingerprint density at radius 3 is 2.46 bits per heavy atom. The fourth-order valence-electron chi connectivity index (χ4n) is 4.82. The lowest BCUT2D eigenvalue weighted by Crippen LogP contribution is -2.43. The number of aromatic nitrogens is 4. The number of carbonyl (C=O) groups is 1. The third kappa shape index (κ3) is 5.16. The minimum atomic E-state index is -4.59. The number of sulfonamides is 1. The molecule has 39 heavy (non-hydrogen) atoms. The summed E-state index contributed by atoms with van der Waals surface area (Å²) in [4.78, 5) is 22.4. The van der Waals surface area contributed by atoms with E-state index in [1.807, 2.05) is 32.0 Å². The van der Waals surface area contributed by atoms with Crippen molar-refractivity contribution in [2.75, 3.05) is 17.8 Å². The Labute approximate surface area is 223 Å². The van der Waals surface area contributed by atoms with Gasteiger partial charge in [-0.3, -0.25) is 9.48 Å². The molecule has 14 heteroatoms. The second-order valence-electron chi connectivity index (χ2n) is 10.00. The number of amides is 1. The van der Waals surface area contributed by atoms with Crippen LogP contribution in [0.2, 0.25) is 0 Å². The van der Waals surface area contributed by atoms with E-state index in [-0.39, 0.29) is 42.7 Å². The number of hydrogen-bond donors (Lipinski definition) is 1. The van der Waals surface area contributed by atoms with Crippen LogP contribution in [-0.4, -0.2) is 64.3 Å².